The fourth-order valence-electron chi connectivity index (χ4n) is 3.28. The van der Waals surface area contributed by atoms with Crippen molar-refractivity contribution in [3.8, 4) is 0 Å². The standard InChI is InChI=1S/C18H23NO3/c1-19(2)12-14-8-4-6-10-16(14)22-18(20)17-11-13-7-3-5-9-15(13)21-17/h3,5,7,9,11,14,16H,4,6,8,10,12H2,1-2H3/t14-,16-/m0/s1. The highest BCUT2D eigenvalue weighted by atomic mass is 16.6. The largest absolute Gasteiger partial charge is 0.456 e. The summed E-state index contributed by atoms with van der Waals surface area (Å²) in [5, 5.41) is 0.933. The molecule has 22 heavy (non-hydrogen) atoms. The van der Waals surface area contributed by atoms with E-state index in [-0.39, 0.29) is 12.1 Å². The van der Waals surface area contributed by atoms with E-state index in [1.54, 1.807) is 6.07 Å². The number of rotatable bonds is 4. The van der Waals surface area contributed by atoms with E-state index in [1.165, 1.54) is 6.42 Å². The normalized spacial score (nSPS) is 22.1. The van der Waals surface area contributed by atoms with Crippen molar-refractivity contribution in [1.82, 2.24) is 4.90 Å². The SMILES string of the molecule is CN(C)C[C@@H]1CCCC[C@@H]1OC(=O)c1cc2ccccc2o1. The molecule has 2 atom stereocenters. The molecule has 0 saturated heterocycles. The number of para-hydroxylation sites is 1. The van der Waals surface area contributed by atoms with Crippen LogP contribution in [0.3, 0.4) is 0 Å². The van der Waals surface area contributed by atoms with E-state index >= 15 is 0 Å². The molecule has 0 amide bonds. The maximum Gasteiger partial charge on any atom is 0.374 e. The summed E-state index contributed by atoms with van der Waals surface area (Å²) in [6, 6.07) is 9.39. The minimum Gasteiger partial charge on any atom is -0.456 e. The van der Waals surface area contributed by atoms with Crippen molar-refractivity contribution in [1.29, 1.82) is 0 Å². The first-order valence-corrected chi connectivity index (χ1v) is 7.98. The Morgan fingerprint density at radius 3 is 2.82 bits per heavy atom. The Morgan fingerprint density at radius 2 is 2.05 bits per heavy atom. The molecule has 1 saturated carbocycles. The third-order valence-corrected chi connectivity index (χ3v) is 4.32. The van der Waals surface area contributed by atoms with Crippen molar-refractivity contribution in [2.24, 2.45) is 5.92 Å². The van der Waals surface area contributed by atoms with E-state index in [9.17, 15) is 4.79 Å². The molecule has 1 aliphatic carbocycles. The Bertz CT molecular complexity index is 614. The summed E-state index contributed by atoms with van der Waals surface area (Å²) >= 11 is 0. The lowest BCUT2D eigenvalue weighted by molar-refractivity contribution is -0.00587. The smallest absolute Gasteiger partial charge is 0.374 e. The van der Waals surface area contributed by atoms with Crippen molar-refractivity contribution in [3.63, 3.8) is 0 Å². The Morgan fingerprint density at radius 1 is 1.27 bits per heavy atom. The van der Waals surface area contributed by atoms with Crippen LogP contribution in [0.2, 0.25) is 0 Å². The fraction of sp³-hybridized carbons (Fsp3) is 0.500. The molecule has 3 rings (SSSR count). The van der Waals surface area contributed by atoms with Gasteiger partial charge in [0.1, 0.15) is 11.7 Å². The number of esters is 1. The lowest BCUT2D eigenvalue weighted by atomic mass is 9.86. The quantitative estimate of drug-likeness (QED) is 0.807. The number of hydrogen-bond acceptors (Lipinski definition) is 4. The molecule has 0 aliphatic heterocycles. The van der Waals surface area contributed by atoms with E-state index in [4.69, 9.17) is 9.15 Å². The van der Waals surface area contributed by atoms with Crippen molar-refractivity contribution in [2.45, 2.75) is 31.8 Å². The van der Waals surface area contributed by atoms with Gasteiger partial charge in [0, 0.05) is 17.8 Å². The van der Waals surface area contributed by atoms with Crippen LogP contribution in [0, 0.1) is 5.92 Å². The van der Waals surface area contributed by atoms with Gasteiger partial charge in [-0.15, -0.1) is 0 Å². The molecule has 1 aliphatic rings. The second-order valence-electron chi connectivity index (χ2n) is 6.40. The van der Waals surface area contributed by atoms with E-state index in [1.807, 2.05) is 24.3 Å². The molecule has 0 spiro atoms. The summed E-state index contributed by atoms with van der Waals surface area (Å²) in [5.74, 6) is 0.374. The Balaban J connectivity index is 1.71. The van der Waals surface area contributed by atoms with Crippen LogP contribution in [0.25, 0.3) is 11.0 Å². The zero-order valence-corrected chi connectivity index (χ0v) is 13.2. The van der Waals surface area contributed by atoms with Crippen LogP contribution in [0.1, 0.15) is 36.2 Å². The molecule has 1 aromatic carbocycles. The number of furan rings is 1. The van der Waals surface area contributed by atoms with Gasteiger partial charge in [0.05, 0.1) is 0 Å². The van der Waals surface area contributed by atoms with Gasteiger partial charge >= 0.3 is 5.97 Å². The molecule has 0 bridgehead atoms. The van der Waals surface area contributed by atoms with Crippen LogP contribution in [-0.2, 0) is 4.74 Å². The summed E-state index contributed by atoms with van der Waals surface area (Å²) < 4.78 is 11.4. The van der Waals surface area contributed by atoms with Gasteiger partial charge in [-0.2, -0.15) is 0 Å². The maximum absolute atomic E-state index is 12.4. The molecule has 4 heteroatoms. The van der Waals surface area contributed by atoms with E-state index < -0.39 is 0 Å². The Kier molecular flexibility index (Phi) is 4.48. The third kappa shape index (κ3) is 3.33. The highest BCUT2D eigenvalue weighted by Crippen LogP contribution is 2.29. The average molecular weight is 301 g/mol. The van der Waals surface area contributed by atoms with Gasteiger partial charge in [0.15, 0.2) is 0 Å². The van der Waals surface area contributed by atoms with Gasteiger partial charge in [-0.1, -0.05) is 24.6 Å². The molecule has 118 valence electrons. The van der Waals surface area contributed by atoms with Gasteiger partial charge in [0.25, 0.3) is 0 Å². The number of benzene rings is 1. The van der Waals surface area contributed by atoms with E-state index in [2.05, 4.69) is 19.0 Å². The number of carbonyl (C=O) groups excluding carboxylic acids is 1. The summed E-state index contributed by atoms with van der Waals surface area (Å²) in [5.41, 5.74) is 0.725. The molecular weight excluding hydrogens is 278 g/mol. The van der Waals surface area contributed by atoms with Gasteiger partial charge in [-0.05, 0) is 45.5 Å². The molecule has 0 N–H and O–H groups in total. The van der Waals surface area contributed by atoms with E-state index in [0.29, 0.717) is 11.7 Å². The summed E-state index contributed by atoms with van der Waals surface area (Å²) in [6.45, 7) is 0.956. The van der Waals surface area contributed by atoms with Crippen molar-refractivity contribution in [2.75, 3.05) is 20.6 Å². The lowest BCUT2D eigenvalue weighted by Crippen LogP contribution is -2.36. The molecule has 2 aromatic rings. The third-order valence-electron chi connectivity index (χ3n) is 4.32. The molecule has 1 heterocycles. The molecule has 1 aromatic heterocycles. The van der Waals surface area contributed by atoms with Crippen molar-refractivity contribution < 1.29 is 13.9 Å². The fourth-order valence-corrected chi connectivity index (χ4v) is 3.28. The highest BCUT2D eigenvalue weighted by Gasteiger charge is 2.29. The van der Waals surface area contributed by atoms with Crippen LogP contribution >= 0.6 is 0 Å². The van der Waals surface area contributed by atoms with Gasteiger partial charge in [0.2, 0.25) is 5.76 Å². The Labute approximate surface area is 131 Å². The zero-order valence-electron chi connectivity index (χ0n) is 13.2. The minimum absolute atomic E-state index is 0.00291. The van der Waals surface area contributed by atoms with Gasteiger partial charge < -0.3 is 14.1 Å². The molecule has 1 fully saturated rings. The lowest BCUT2D eigenvalue weighted by Gasteiger charge is -2.32. The predicted octanol–water partition coefficient (Wildman–Crippen LogP) is 3.71. The first-order valence-electron chi connectivity index (χ1n) is 7.98. The second kappa shape index (κ2) is 6.53. The van der Waals surface area contributed by atoms with E-state index in [0.717, 1.165) is 36.8 Å². The van der Waals surface area contributed by atoms with Gasteiger partial charge in [-0.3, -0.25) is 0 Å². The van der Waals surface area contributed by atoms with Crippen LogP contribution in [-0.4, -0.2) is 37.6 Å². The number of hydrogen-bond donors (Lipinski definition) is 0. The second-order valence-corrected chi connectivity index (χ2v) is 6.40. The monoisotopic (exact) mass is 301 g/mol. The average Bonchev–Trinajstić information content (AvgIpc) is 2.93. The minimum atomic E-state index is -0.341. The number of ether oxygens (including phenoxy) is 1. The molecule has 0 radical (unpaired) electrons. The van der Waals surface area contributed by atoms with Crippen LogP contribution in [0.4, 0.5) is 0 Å². The number of fused-ring (bicyclic) bond motifs is 1. The first kappa shape index (κ1) is 15.1. The highest BCUT2D eigenvalue weighted by molar-refractivity contribution is 5.92. The van der Waals surface area contributed by atoms with Crippen LogP contribution in [0.5, 0.6) is 0 Å². The number of nitrogens with zero attached hydrogens (tertiary/aromatic N) is 1. The Hall–Kier alpha value is -1.81. The van der Waals surface area contributed by atoms with Crippen molar-refractivity contribution in [3.05, 3.63) is 36.1 Å². The van der Waals surface area contributed by atoms with Crippen LogP contribution in [0.15, 0.2) is 34.7 Å². The maximum atomic E-state index is 12.4. The first-order chi connectivity index (χ1) is 10.6. The topological polar surface area (TPSA) is 42.7 Å². The number of carbonyl (C=O) groups is 1. The molecule has 4 nitrogen and oxygen atoms in total. The summed E-state index contributed by atoms with van der Waals surface area (Å²) in [7, 11) is 4.12. The zero-order chi connectivity index (χ0) is 15.5. The summed E-state index contributed by atoms with van der Waals surface area (Å²) in [6.07, 6.45) is 4.41. The van der Waals surface area contributed by atoms with Gasteiger partial charge in [-0.25, -0.2) is 4.79 Å². The molecule has 0 unspecified atom stereocenters. The summed E-state index contributed by atoms with van der Waals surface area (Å²) in [4.78, 5) is 14.5. The predicted molar refractivity (Wildman–Crippen MR) is 85.9 cm³/mol. The molecular formula is C18H23NO3. The van der Waals surface area contributed by atoms with Crippen LogP contribution < -0.4 is 0 Å². The van der Waals surface area contributed by atoms with Crippen molar-refractivity contribution >= 4 is 16.9 Å².